The van der Waals surface area contributed by atoms with E-state index < -0.39 is 0 Å². The molecule has 2 aromatic heterocycles. The number of hydrogen-bond acceptors (Lipinski definition) is 1. The van der Waals surface area contributed by atoms with E-state index in [2.05, 4.69) is 44.5 Å². The van der Waals surface area contributed by atoms with Crippen molar-refractivity contribution in [1.82, 2.24) is 4.98 Å². The lowest BCUT2D eigenvalue weighted by Gasteiger charge is -1.88. The lowest BCUT2D eigenvalue weighted by atomic mass is 10.3. The number of thiophene rings is 1. The van der Waals surface area contributed by atoms with Gasteiger partial charge in [0.25, 0.3) is 0 Å². The molecule has 3 heteroatoms. The third-order valence-corrected chi connectivity index (χ3v) is 2.80. The number of hydrogen-bond donors (Lipinski definition) is 1. The van der Waals surface area contributed by atoms with E-state index in [0.29, 0.717) is 0 Å². The Kier molecular flexibility index (Phi) is 1.84. The molecule has 0 bridgehead atoms. The van der Waals surface area contributed by atoms with E-state index >= 15 is 0 Å². The molecule has 0 radical (unpaired) electrons. The van der Waals surface area contributed by atoms with E-state index in [9.17, 15) is 0 Å². The van der Waals surface area contributed by atoms with Crippen molar-refractivity contribution >= 4 is 27.3 Å². The molecular formula is C8H6BrNS. The highest BCUT2D eigenvalue weighted by molar-refractivity contribution is 9.10. The second kappa shape index (κ2) is 2.83. The van der Waals surface area contributed by atoms with Crippen LogP contribution < -0.4 is 0 Å². The van der Waals surface area contributed by atoms with Crippen LogP contribution in [0.4, 0.5) is 0 Å². The molecule has 0 saturated heterocycles. The normalized spacial score (nSPS) is 10.3. The number of aromatic amines is 1. The van der Waals surface area contributed by atoms with Gasteiger partial charge in [-0.1, -0.05) is 6.07 Å². The molecule has 0 aromatic carbocycles. The van der Waals surface area contributed by atoms with Crippen LogP contribution in [-0.4, -0.2) is 4.98 Å². The molecule has 0 amide bonds. The molecule has 2 heterocycles. The van der Waals surface area contributed by atoms with Crippen molar-refractivity contribution in [2.45, 2.75) is 0 Å². The molecule has 0 fully saturated rings. The lowest BCUT2D eigenvalue weighted by molar-refractivity contribution is 1.37. The van der Waals surface area contributed by atoms with Gasteiger partial charge in [-0.15, -0.1) is 11.3 Å². The number of rotatable bonds is 1. The van der Waals surface area contributed by atoms with Gasteiger partial charge in [0, 0.05) is 0 Å². The Labute approximate surface area is 77.2 Å². The van der Waals surface area contributed by atoms with Crippen molar-refractivity contribution in [2.75, 3.05) is 0 Å². The van der Waals surface area contributed by atoms with E-state index in [1.165, 1.54) is 10.6 Å². The first-order chi connectivity index (χ1) is 5.36. The summed E-state index contributed by atoms with van der Waals surface area (Å²) in [5.74, 6) is 0. The van der Waals surface area contributed by atoms with Crippen molar-refractivity contribution in [3.63, 3.8) is 0 Å². The molecule has 1 N–H and O–H groups in total. The van der Waals surface area contributed by atoms with Gasteiger partial charge in [-0.05, 0) is 39.5 Å². The molecule has 0 aliphatic carbocycles. The summed E-state index contributed by atoms with van der Waals surface area (Å²) >= 11 is 5.10. The third-order valence-electron chi connectivity index (χ3n) is 1.44. The van der Waals surface area contributed by atoms with E-state index in [1.807, 2.05) is 6.07 Å². The Hall–Kier alpha value is -0.540. The van der Waals surface area contributed by atoms with Crippen LogP contribution in [0.1, 0.15) is 0 Å². The van der Waals surface area contributed by atoms with Crippen LogP contribution in [-0.2, 0) is 0 Å². The Morgan fingerprint density at radius 2 is 2.18 bits per heavy atom. The largest absolute Gasteiger partial charge is 0.349 e. The smallest absolute Gasteiger partial charge is 0.0825 e. The summed E-state index contributed by atoms with van der Waals surface area (Å²) in [7, 11) is 0. The zero-order valence-electron chi connectivity index (χ0n) is 5.67. The summed E-state index contributed by atoms with van der Waals surface area (Å²) in [5.41, 5.74) is 1.17. The Balaban J connectivity index is 2.45. The molecule has 0 aliphatic heterocycles. The molecule has 0 aliphatic rings. The molecule has 0 atom stereocenters. The van der Waals surface area contributed by atoms with Gasteiger partial charge in [0.15, 0.2) is 0 Å². The summed E-state index contributed by atoms with van der Waals surface area (Å²) in [6.07, 6.45) is 0. The van der Waals surface area contributed by atoms with E-state index in [4.69, 9.17) is 0 Å². The number of aromatic nitrogens is 1. The van der Waals surface area contributed by atoms with Gasteiger partial charge >= 0.3 is 0 Å². The van der Waals surface area contributed by atoms with Crippen LogP contribution in [0.5, 0.6) is 0 Å². The summed E-state index contributed by atoms with van der Waals surface area (Å²) < 4.78 is 1.03. The zero-order valence-corrected chi connectivity index (χ0v) is 8.08. The topological polar surface area (TPSA) is 15.8 Å². The van der Waals surface area contributed by atoms with Gasteiger partial charge in [-0.25, -0.2) is 0 Å². The Bertz CT molecular complexity index is 337. The molecule has 11 heavy (non-hydrogen) atoms. The van der Waals surface area contributed by atoms with E-state index in [1.54, 1.807) is 11.3 Å². The van der Waals surface area contributed by atoms with E-state index in [-0.39, 0.29) is 0 Å². The average Bonchev–Trinajstić information content (AvgIpc) is 2.55. The fourth-order valence-electron chi connectivity index (χ4n) is 0.944. The number of nitrogens with one attached hydrogen (secondary N) is 1. The fourth-order valence-corrected chi connectivity index (χ4v) is 2.00. The van der Waals surface area contributed by atoms with Crippen LogP contribution in [0, 0.1) is 0 Å². The van der Waals surface area contributed by atoms with Crippen molar-refractivity contribution < 1.29 is 0 Å². The fraction of sp³-hybridized carbons (Fsp3) is 0. The first-order valence-corrected chi connectivity index (χ1v) is 4.92. The first-order valence-electron chi connectivity index (χ1n) is 3.24. The zero-order chi connectivity index (χ0) is 7.68. The summed E-state index contributed by atoms with van der Waals surface area (Å²) in [6.45, 7) is 0. The highest BCUT2D eigenvalue weighted by Gasteiger charge is 1.98. The summed E-state index contributed by atoms with van der Waals surface area (Å²) in [6, 6.07) is 8.22. The summed E-state index contributed by atoms with van der Waals surface area (Å²) in [5, 5.41) is 2.07. The SMILES string of the molecule is Brc1ccc(-c2cccs2)[nH]1. The Morgan fingerprint density at radius 3 is 2.73 bits per heavy atom. The second-order valence-corrected chi connectivity index (χ2v) is 4.00. The molecule has 2 rings (SSSR count). The molecular weight excluding hydrogens is 222 g/mol. The van der Waals surface area contributed by atoms with Crippen LogP contribution in [0.25, 0.3) is 10.6 Å². The number of halogens is 1. The van der Waals surface area contributed by atoms with Crippen molar-refractivity contribution in [1.29, 1.82) is 0 Å². The molecule has 2 aromatic rings. The molecule has 0 saturated carbocycles. The average molecular weight is 228 g/mol. The maximum absolute atomic E-state index is 3.37. The van der Waals surface area contributed by atoms with Crippen LogP contribution in [0.15, 0.2) is 34.2 Å². The Morgan fingerprint density at radius 1 is 1.27 bits per heavy atom. The third kappa shape index (κ3) is 1.39. The molecule has 0 unspecified atom stereocenters. The number of H-pyrrole nitrogens is 1. The van der Waals surface area contributed by atoms with Crippen molar-refractivity contribution in [3.05, 3.63) is 34.2 Å². The monoisotopic (exact) mass is 227 g/mol. The van der Waals surface area contributed by atoms with Gasteiger partial charge < -0.3 is 4.98 Å². The maximum atomic E-state index is 3.37. The maximum Gasteiger partial charge on any atom is 0.0825 e. The van der Waals surface area contributed by atoms with Crippen LogP contribution in [0.3, 0.4) is 0 Å². The predicted octanol–water partition coefficient (Wildman–Crippen LogP) is 3.51. The lowest BCUT2D eigenvalue weighted by Crippen LogP contribution is -1.67. The van der Waals surface area contributed by atoms with Crippen molar-refractivity contribution in [2.24, 2.45) is 0 Å². The van der Waals surface area contributed by atoms with Gasteiger partial charge in [0.1, 0.15) is 0 Å². The van der Waals surface area contributed by atoms with Crippen LogP contribution >= 0.6 is 27.3 Å². The first kappa shape index (κ1) is 7.13. The highest BCUT2D eigenvalue weighted by atomic mass is 79.9. The minimum atomic E-state index is 1.03. The standard InChI is InChI=1S/C8H6BrNS/c9-8-4-3-6(10-8)7-2-1-5-11-7/h1-5,10H. The summed E-state index contributed by atoms with van der Waals surface area (Å²) in [4.78, 5) is 4.48. The van der Waals surface area contributed by atoms with Crippen molar-refractivity contribution in [3.8, 4) is 10.6 Å². The molecule has 1 nitrogen and oxygen atoms in total. The molecule has 56 valence electrons. The minimum absolute atomic E-state index is 1.03. The minimum Gasteiger partial charge on any atom is -0.349 e. The van der Waals surface area contributed by atoms with Crippen LogP contribution in [0.2, 0.25) is 0 Å². The predicted molar refractivity (Wildman–Crippen MR) is 51.8 cm³/mol. The second-order valence-electron chi connectivity index (χ2n) is 2.20. The molecule has 0 spiro atoms. The van der Waals surface area contributed by atoms with Gasteiger partial charge in [-0.3, -0.25) is 0 Å². The quantitative estimate of drug-likeness (QED) is 0.768. The van der Waals surface area contributed by atoms with Gasteiger partial charge in [0.2, 0.25) is 0 Å². The van der Waals surface area contributed by atoms with Gasteiger partial charge in [-0.2, -0.15) is 0 Å². The van der Waals surface area contributed by atoms with Gasteiger partial charge in [0.05, 0.1) is 15.2 Å². The van der Waals surface area contributed by atoms with E-state index in [0.717, 1.165) is 4.60 Å². The highest BCUT2D eigenvalue weighted by Crippen LogP contribution is 2.24.